The number of hydrogen-bond donors (Lipinski definition) is 0. The summed E-state index contributed by atoms with van der Waals surface area (Å²) >= 11 is 0. The van der Waals surface area contributed by atoms with Crippen LogP contribution in [0.4, 0.5) is 0 Å². The van der Waals surface area contributed by atoms with Crippen molar-refractivity contribution in [3.63, 3.8) is 0 Å². The smallest absolute Gasteiger partial charge is 0.356 e. The van der Waals surface area contributed by atoms with Crippen LogP contribution in [0.1, 0.15) is 0 Å². The molecule has 2 saturated heterocycles. The average Bonchev–Trinajstić information content (AvgIpc) is 3.89. The minimum absolute atomic E-state index is 0. The molecule has 4 aromatic heterocycles. The second-order valence-electron chi connectivity index (χ2n) is 7.40. The van der Waals surface area contributed by atoms with Crippen molar-refractivity contribution in [2.45, 2.75) is 0 Å². The minimum Gasteiger partial charge on any atom is -0.356 e. The molecular weight excluding hydrogens is 591 g/mol. The van der Waals surface area contributed by atoms with E-state index in [0.29, 0.717) is 0 Å². The van der Waals surface area contributed by atoms with Crippen molar-refractivity contribution in [1.82, 2.24) is 19.9 Å². The molecule has 38 heavy (non-hydrogen) atoms. The molecule has 0 N–H and O–H groups in total. The van der Waals surface area contributed by atoms with E-state index in [1.54, 1.807) is 24.8 Å². The molecule has 194 valence electrons. The van der Waals surface area contributed by atoms with Crippen LogP contribution in [0.15, 0.2) is 97.6 Å². The number of pyridine rings is 4. The predicted octanol–water partition coefficient (Wildman–Crippen LogP) is 4.71. The molecule has 14 heteroatoms. The van der Waals surface area contributed by atoms with E-state index in [0.717, 1.165) is 43.6 Å². The summed E-state index contributed by atoms with van der Waals surface area (Å²) in [4.78, 5) is 41.6. The Morgan fingerprint density at radius 2 is 0.763 bits per heavy atom. The van der Waals surface area contributed by atoms with Gasteiger partial charge in [-0.1, -0.05) is 48.5 Å². The van der Waals surface area contributed by atoms with Gasteiger partial charge in [0.1, 0.15) is 0 Å². The van der Waals surface area contributed by atoms with E-state index in [1.807, 2.05) is 24.3 Å². The molecule has 1 spiro atoms. The van der Waals surface area contributed by atoms with Gasteiger partial charge < -0.3 is 15.3 Å². The molecule has 2 aromatic carbocycles. The SMILES string of the molecule is O1O[N+]12OO2.O=[N+]([O-])[O-].[Pd].c1cnc2c(c1)ccc1cccnc12.c1cnc2c(c1)ccc1cccnc12. The van der Waals surface area contributed by atoms with Crippen LogP contribution in [-0.4, -0.2) is 30.2 Å². The van der Waals surface area contributed by atoms with Gasteiger partial charge >= 0.3 is 5.14 Å². The van der Waals surface area contributed by atoms with Crippen LogP contribution < -0.4 is 0 Å². The monoisotopic (exact) mass is 606 g/mol. The number of benzene rings is 2. The number of quaternary nitrogens is 1. The van der Waals surface area contributed by atoms with Crippen LogP contribution in [0.25, 0.3) is 43.6 Å². The fourth-order valence-electron chi connectivity index (χ4n) is 3.46. The molecule has 0 aliphatic carbocycles. The first-order valence-corrected chi connectivity index (χ1v) is 10.7. The molecule has 0 saturated carbocycles. The molecule has 0 amide bonds. The molecular formula is C24H16N6O7Pd. The van der Waals surface area contributed by atoms with Gasteiger partial charge in [0.05, 0.1) is 27.2 Å². The van der Waals surface area contributed by atoms with Crippen LogP contribution in [0.3, 0.4) is 0 Å². The van der Waals surface area contributed by atoms with E-state index in [4.69, 9.17) is 15.3 Å². The first-order chi connectivity index (χ1) is 18.0. The Morgan fingerprint density at radius 1 is 0.526 bits per heavy atom. The molecule has 6 aromatic rings. The Bertz CT molecular complexity index is 1480. The van der Waals surface area contributed by atoms with Crippen molar-refractivity contribution in [3.05, 3.63) is 113 Å². The summed E-state index contributed by atoms with van der Waals surface area (Å²) in [7, 11) is 0. The Labute approximate surface area is 226 Å². The Morgan fingerprint density at radius 3 is 0.947 bits per heavy atom. The maximum atomic E-state index is 8.25. The van der Waals surface area contributed by atoms with E-state index in [1.165, 1.54) is 0 Å². The van der Waals surface area contributed by atoms with E-state index in [9.17, 15) is 0 Å². The van der Waals surface area contributed by atoms with E-state index in [2.05, 4.69) is 88.4 Å². The Balaban J connectivity index is 0.000000131. The number of nitrogens with zero attached hydrogens (tertiary/aromatic N) is 6. The third-order valence-corrected chi connectivity index (χ3v) is 5.08. The number of aromatic nitrogens is 4. The van der Waals surface area contributed by atoms with E-state index >= 15 is 0 Å². The Kier molecular flexibility index (Phi) is 8.36. The average molecular weight is 607 g/mol. The van der Waals surface area contributed by atoms with Crippen LogP contribution in [0.5, 0.6) is 0 Å². The van der Waals surface area contributed by atoms with Crippen molar-refractivity contribution in [1.29, 1.82) is 0 Å². The number of hydrogen-bond acceptors (Lipinski definition) is 11. The third kappa shape index (κ3) is 6.54. The summed E-state index contributed by atoms with van der Waals surface area (Å²) in [6.07, 6.45) is 7.21. The first kappa shape index (κ1) is 26.8. The van der Waals surface area contributed by atoms with Gasteiger partial charge in [0.2, 0.25) is 0 Å². The van der Waals surface area contributed by atoms with Gasteiger partial charge in [0.25, 0.3) is 0 Å². The summed E-state index contributed by atoms with van der Waals surface area (Å²) in [5.74, 6) is 0. The topological polar surface area (TPSA) is 168 Å². The normalized spacial score (nSPS) is 13.7. The van der Waals surface area contributed by atoms with Crippen molar-refractivity contribution in [2.24, 2.45) is 0 Å². The van der Waals surface area contributed by atoms with Crippen molar-refractivity contribution < 1.29 is 50.6 Å². The molecule has 0 radical (unpaired) electrons. The van der Waals surface area contributed by atoms with Gasteiger partial charge in [-0.3, -0.25) is 19.9 Å². The Hall–Kier alpha value is -4.26. The standard InChI is InChI=1S/2C12H8N2.NO4.NO3.Pd/c2*1-3-9-5-6-10-4-2-8-14-12(10)11(9)13-7-1;2-1(3-2)4-5-1;2-1(3)4;/h2*1-8H;;;/q;;+1;-1;. The third-order valence-electron chi connectivity index (χ3n) is 5.08. The molecule has 2 fully saturated rings. The summed E-state index contributed by atoms with van der Waals surface area (Å²) in [6, 6.07) is 24.3. The molecule has 2 aliphatic rings. The first-order valence-electron chi connectivity index (χ1n) is 10.7. The van der Waals surface area contributed by atoms with E-state index < -0.39 is 10.2 Å². The van der Waals surface area contributed by atoms with Crippen molar-refractivity contribution in [2.75, 3.05) is 0 Å². The molecule has 6 heterocycles. The van der Waals surface area contributed by atoms with Gasteiger partial charge in [-0.15, -0.1) is 0 Å². The van der Waals surface area contributed by atoms with Crippen LogP contribution in [0, 0.1) is 15.3 Å². The van der Waals surface area contributed by atoms with Gasteiger partial charge in [-0.2, -0.15) is 0 Å². The summed E-state index contributed by atoms with van der Waals surface area (Å²) in [5, 5.41) is 18.8. The molecule has 2 aliphatic heterocycles. The zero-order valence-corrected chi connectivity index (χ0v) is 20.6. The van der Waals surface area contributed by atoms with Crippen molar-refractivity contribution in [3.8, 4) is 0 Å². The molecule has 0 bridgehead atoms. The van der Waals surface area contributed by atoms with Crippen molar-refractivity contribution >= 4 is 43.6 Å². The maximum absolute atomic E-state index is 8.25. The quantitative estimate of drug-likeness (QED) is 0.0446. The predicted molar refractivity (Wildman–Crippen MR) is 129 cm³/mol. The molecule has 0 unspecified atom stereocenters. The van der Waals surface area contributed by atoms with Gasteiger partial charge in [-0.05, 0) is 24.3 Å². The van der Waals surface area contributed by atoms with Gasteiger partial charge in [0.15, 0.2) is 20.0 Å². The fraction of sp³-hybridized carbons (Fsp3) is 0. The van der Waals surface area contributed by atoms with Crippen LogP contribution in [0.2, 0.25) is 0 Å². The second kappa shape index (κ2) is 11.9. The molecule has 8 rings (SSSR count). The zero-order chi connectivity index (χ0) is 25.7. The summed E-state index contributed by atoms with van der Waals surface area (Å²) in [6.45, 7) is 0. The number of rotatable bonds is 0. The molecule has 13 nitrogen and oxygen atoms in total. The summed E-state index contributed by atoms with van der Waals surface area (Å²) < 4.78 is 0. The largest absolute Gasteiger partial charge is 0.391 e. The van der Waals surface area contributed by atoms with Gasteiger partial charge in [0, 0.05) is 66.8 Å². The second-order valence-corrected chi connectivity index (χ2v) is 7.40. The number of fused-ring (bicyclic) bond motifs is 6. The minimum atomic E-state index is -1.75. The molecule has 0 atom stereocenters. The van der Waals surface area contributed by atoms with Crippen LogP contribution in [-0.2, 0) is 40.4 Å². The fourth-order valence-corrected chi connectivity index (χ4v) is 3.46. The maximum Gasteiger partial charge on any atom is 0.391 e. The van der Waals surface area contributed by atoms with E-state index in [-0.39, 0.29) is 20.4 Å². The van der Waals surface area contributed by atoms with Crippen LogP contribution >= 0.6 is 0 Å². The summed E-state index contributed by atoms with van der Waals surface area (Å²) in [5.41, 5.74) is 3.91. The zero-order valence-electron chi connectivity index (χ0n) is 19.1. The van der Waals surface area contributed by atoms with Gasteiger partial charge in [-0.25, -0.2) is 0 Å².